The molecule has 3 heteroatoms. The van der Waals surface area contributed by atoms with Crippen molar-refractivity contribution in [2.45, 2.75) is 27.4 Å². The van der Waals surface area contributed by atoms with Gasteiger partial charge in [0, 0.05) is 18.0 Å². The molecule has 2 aromatic rings. The lowest BCUT2D eigenvalue weighted by molar-refractivity contribution is 0.298. The Morgan fingerprint density at radius 1 is 1.11 bits per heavy atom. The van der Waals surface area contributed by atoms with Gasteiger partial charge in [0.15, 0.2) is 0 Å². The van der Waals surface area contributed by atoms with Crippen LogP contribution >= 0.6 is 0 Å². The second-order valence-corrected chi connectivity index (χ2v) is 4.53. The summed E-state index contributed by atoms with van der Waals surface area (Å²) in [6.45, 7) is 6.51. The normalized spacial score (nSPS) is 10.4. The lowest BCUT2D eigenvalue weighted by atomic mass is 10.1. The molecule has 0 saturated carbocycles. The summed E-state index contributed by atoms with van der Waals surface area (Å²) in [5.41, 5.74) is 10.9. The monoisotopic (exact) mass is 242 g/mol. The minimum atomic E-state index is 0.468. The number of nitrogen functional groups attached to an aromatic ring is 1. The Morgan fingerprint density at radius 3 is 2.61 bits per heavy atom. The quantitative estimate of drug-likeness (QED) is 0.841. The number of rotatable bonds is 3. The van der Waals surface area contributed by atoms with Crippen LogP contribution in [-0.4, -0.2) is 4.98 Å². The summed E-state index contributed by atoms with van der Waals surface area (Å²) in [5.74, 6) is 0.822. The molecule has 3 nitrogen and oxygen atoms in total. The lowest BCUT2D eigenvalue weighted by Gasteiger charge is -2.12. The zero-order valence-corrected chi connectivity index (χ0v) is 11.0. The van der Waals surface area contributed by atoms with Crippen LogP contribution in [0.25, 0.3) is 0 Å². The zero-order valence-electron chi connectivity index (χ0n) is 11.0. The fourth-order valence-electron chi connectivity index (χ4n) is 1.82. The second-order valence-electron chi connectivity index (χ2n) is 4.53. The van der Waals surface area contributed by atoms with E-state index in [9.17, 15) is 0 Å². The molecule has 0 unspecified atom stereocenters. The number of benzene rings is 1. The Bertz CT molecular complexity index is 564. The maximum atomic E-state index is 5.89. The molecule has 0 aliphatic carbocycles. The molecule has 0 spiro atoms. The Labute approximate surface area is 108 Å². The van der Waals surface area contributed by atoms with Gasteiger partial charge >= 0.3 is 0 Å². The Hall–Kier alpha value is -2.03. The van der Waals surface area contributed by atoms with Crippen LogP contribution < -0.4 is 10.5 Å². The maximum absolute atomic E-state index is 5.89. The number of anilines is 1. The zero-order chi connectivity index (χ0) is 13.1. The van der Waals surface area contributed by atoms with Gasteiger partial charge in [-0.05, 0) is 43.5 Å². The van der Waals surface area contributed by atoms with Gasteiger partial charge in [-0.25, -0.2) is 0 Å². The topological polar surface area (TPSA) is 48.1 Å². The summed E-state index contributed by atoms with van der Waals surface area (Å²) >= 11 is 0. The number of hydrogen-bond donors (Lipinski definition) is 1. The molecule has 0 aliphatic heterocycles. The van der Waals surface area contributed by atoms with Crippen LogP contribution in [-0.2, 0) is 6.61 Å². The molecule has 1 aromatic carbocycles. The fraction of sp³-hybridized carbons (Fsp3) is 0.267. The van der Waals surface area contributed by atoms with Gasteiger partial charge < -0.3 is 10.5 Å². The summed E-state index contributed by atoms with van der Waals surface area (Å²) in [5, 5.41) is 0. The molecule has 1 heterocycles. The number of nitrogens with two attached hydrogens (primary N) is 1. The molecule has 0 radical (unpaired) electrons. The van der Waals surface area contributed by atoms with Crippen LogP contribution in [0.15, 0.2) is 30.5 Å². The second kappa shape index (κ2) is 5.08. The molecule has 0 saturated heterocycles. The van der Waals surface area contributed by atoms with Crippen LogP contribution in [0, 0.1) is 20.8 Å². The van der Waals surface area contributed by atoms with Crippen molar-refractivity contribution < 1.29 is 4.74 Å². The van der Waals surface area contributed by atoms with Crippen LogP contribution in [0.2, 0.25) is 0 Å². The molecular weight excluding hydrogens is 224 g/mol. The van der Waals surface area contributed by atoms with E-state index in [1.54, 1.807) is 6.20 Å². The van der Waals surface area contributed by atoms with E-state index in [0.717, 1.165) is 33.8 Å². The maximum Gasteiger partial charge on any atom is 0.130 e. The number of pyridine rings is 1. The first-order valence-electron chi connectivity index (χ1n) is 5.98. The van der Waals surface area contributed by atoms with Crippen LogP contribution in [0.3, 0.4) is 0 Å². The molecule has 0 aliphatic rings. The highest BCUT2D eigenvalue weighted by atomic mass is 16.5. The number of nitrogens with zero attached hydrogens (tertiary/aromatic N) is 1. The van der Waals surface area contributed by atoms with E-state index in [1.165, 1.54) is 0 Å². The van der Waals surface area contributed by atoms with Crippen molar-refractivity contribution in [3.63, 3.8) is 0 Å². The van der Waals surface area contributed by atoms with Crippen LogP contribution in [0.4, 0.5) is 5.69 Å². The van der Waals surface area contributed by atoms with Gasteiger partial charge in [-0.3, -0.25) is 4.98 Å². The molecule has 2 N–H and O–H groups in total. The van der Waals surface area contributed by atoms with Crippen molar-refractivity contribution in [1.29, 1.82) is 0 Å². The highest BCUT2D eigenvalue weighted by Gasteiger charge is 2.05. The predicted molar refractivity (Wildman–Crippen MR) is 73.6 cm³/mol. The van der Waals surface area contributed by atoms with E-state index < -0.39 is 0 Å². The van der Waals surface area contributed by atoms with Gasteiger partial charge in [-0.2, -0.15) is 0 Å². The van der Waals surface area contributed by atoms with Crippen molar-refractivity contribution in [3.8, 4) is 5.75 Å². The lowest BCUT2D eigenvalue weighted by Crippen LogP contribution is -2.02. The van der Waals surface area contributed by atoms with Crippen molar-refractivity contribution in [1.82, 2.24) is 4.98 Å². The highest BCUT2D eigenvalue weighted by Crippen LogP contribution is 2.25. The Kier molecular flexibility index (Phi) is 3.51. The molecule has 0 atom stereocenters. The van der Waals surface area contributed by atoms with Gasteiger partial charge in [0.25, 0.3) is 0 Å². The predicted octanol–water partition coefficient (Wildman–Crippen LogP) is 3.17. The number of ether oxygens (including phenoxy) is 1. The molecule has 0 fully saturated rings. The summed E-state index contributed by atoms with van der Waals surface area (Å²) in [7, 11) is 0. The van der Waals surface area contributed by atoms with Gasteiger partial charge in [-0.1, -0.05) is 12.1 Å². The third-order valence-corrected chi connectivity index (χ3v) is 3.05. The van der Waals surface area contributed by atoms with E-state index >= 15 is 0 Å². The van der Waals surface area contributed by atoms with E-state index in [4.69, 9.17) is 10.5 Å². The van der Waals surface area contributed by atoms with E-state index in [2.05, 4.69) is 4.98 Å². The first-order valence-corrected chi connectivity index (χ1v) is 5.98. The first kappa shape index (κ1) is 12.4. The molecule has 94 valence electrons. The van der Waals surface area contributed by atoms with E-state index in [0.29, 0.717) is 6.61 Å². The average Bonchev–Trinajstić information content (AvgIpc) is 2.34. The van der Waals surface area contributed by atoms with Crippen molar-refractivity contribution in [2.24, 2.45) is 0 Å². The molecule has 0 amide bonds. The standard InChI is InChI=1S/C15H18N2O/c1-10-5-4-6-17-14(10)9-18-15-8-13(16)11(2)7-12(15)3/h4-8H,9,16H2,1-3H3. The summed E-state index contributed by atoms with van der Waals surface area (Å²) < 4.78 is 5.80. The van der Waals surface area contributed by atoms with Crippen LogP contribution in [0.5, 0.6) is 5.75 Å². The molecule has 0 bridgehead atoms. The smallest absolute Gasteiger partial charge is 0.130 e. The highest BCUT2D eigenvalue weighted by molar-refractivity contribution is 5.54. The fourth-order valence-corrected chi connectivity index (χ4v) is 1.82. The molecule has 1 aromatic heterocycles. The minimum Gasteiger partial charge on any atom is -0.487 e. The Balaban J connectivity index is 2.16. The molecule has 2 rings (SSSR count). The van der Waals surface area contributed by atoms with Gasteiger partial charge in [0.2, 0.25) is 0 Å². The third-order valence-electron chi connectivity index (χ3n) is 3.05. The number of aryl methyl sites for hydroxylation is 3. The first-order chi connectivity index (χ1) is 8.58. The van der Waals surface area contributed by atoms with Crippen LogP contribution in [0.1, 0.15) is 22.4 Å². The van der Waals surface area contributed by atoms with Gasteiger partial charge in [0.1, 0.15) is 12.4 Å². The Morgan fingerprint density at radius 2 is 1.89 bits per heavy atom. The van der Waals surface area contributed by atoms with Gasteiger partial charge in [0.05, 0.1) is 5.69 Å². The summed E-state index contributed by atoms with van der Waals surface area (Å²) in [6.07, 6.45) is 1.78. The van der Waals surface area contributed by atoms with Crippen molar-refractivity contribution in [2.75, 3.05) is 5.73 Å². The molecular formula is C15H18N2O. The largest absolute Gasteiger partial charge is 0.487 e. The van der Waals surface area contributed by atoms with Gasteiger partial charge in [-0.15, -0.1) is 0 Å². The average molecular weight is 242 g/mol. The van der Waals surface area contributed by atoms with E-state index in [1.807, 2.05) is 45.0 Å². The number of aromatic nitrogens is 1. The number of hydrogen-bond acceptors (Lipinski definition) is 3. The third kappa shape index (κ3) is 2.62. The van der Waals surface area contributed by atoms with E-state index in [-0.39, 0.29) is 0 Å². The SMILES string of the molecule is Cc1cc(C)c(OCc2ncccc2C)cc1N. The summed E-state index contributed by atoms with van der Waals surface area (Å²) in [4.78, 5) is 4.31. The summed E-state index contributed by atoms with van der Waals surface area (Å²) in [6, 6.07) is 7.87. The van der Waals surface area contributed by atoms with Crippen molar-refractivity contribution in [3.05, 3.63) is 52.8 Å². The van der Waals surface area contributed by atoms with Crippen molar-refractivity contribution >= 4 is 5.69 Å². The molecule has 18 heavy (non-hydrogen) atoms. The minimum absolute atomic E-state index is 0.468.